The predicted molar refractivity (Wildman–Crippen MR) is 76.0 cm³/mol. The first-order valence-electron chi connectivity index (χ1n) is 7.37. The fourth-order valence-electron chi connectivity index (χ4n) is 2.76. The lowest BCUT2D eigenvalue weighted by molar-refractivity contribution is -0.124. The summed E-state index contributed by atoms with van der Waals surface area (Å²) in [7, 11) is 0. The van der Waals surface area contributed by atoms with E-state index in [0.717, 1.165) is 25.7 Å². The molecule has 1 aliphatic rings. The highest BCUT2D eigenvalue weighted by Crippen LogP contribution is 2.23. The molecule has 1 fully saturated rings. The maximum Gasteiger partial charge on any atom is 0.231 e. The van der Waals surface area contributed by atoms with Crippen LogP contribution < -0.4 is 11.1 Å². The molecule has 0 saturated heterocycles. The molecule has 1 saturated carbocycles. The van der Waals surface area contributed by atoms with Gasteiger partial charge in [-0.2, -0.15) is 0 Å². The summed E-state index contributed by atoms with van der Waals surface area (Å²) in [6.07, 6.45) is 7.28. The first-order chi connectivity index (χ1) is 9.10. The van der Waals surface area contributed by atoms with Gasteiger partial charge >= 0.3 is 0 Å². The van der Waals surface area contributed by atoms with Gasteiger partial charge in [0.1, 0.15) is 0 Å². The van der Waals surface area contributed by atoms with E-state index < -0.39 is 5.92 Å². The molecular formula is C14H27N3O2. The van der Waals surface area contributed by atoms with Gasteiger partial charge < -0.3 is 16.3 Å². The normalized spacial score (nSPS) is 26.5. The summed E-state index contributed by atoms with van der Waals surface area (Å²) < 4.78 is 0. The minimum absolute atomic E-state index is 0.0145. The highest BCUT2D eigenvalue weighted by molar-refractivity contribution is 6.02. The molecule has 0 aromatic carbocycles. The average molecular weight is 269 g/mol. The van der Waals surface area contributed by atoms with Crippen molar-refractivity contribution in [3.8, 4) is 0 Å². The molecule has 0 spiro atoms. The Labute approximate surface area is 115 Å². The van der Waals surface area contributed by atoms with Crippen molar-refractivity contribution in [1.29, 1.82) is 0 Å². The van der Waals surface area contributed by atoms with Crippen molar-refractivity contribution in [1.82, 2.24) is 5.32 Å². The molecule has 5 heteroatoms. The van der Waals surface area contributed by atoms with E-state index in [1.807, 2.05) is 6.92 Å². The van der Waals surface area contributed by atoms with Crippen molar-refractivity contribution in [3.05, 3.63) is 0 Å². The highest BCUT2D eigenvalue weighted by atomic mass is 16.4. The van der Waals surface area contributed by atoms with Crippen LogP contribution in [-0.2, 0) is 4.79 Å². The third-order valence-electron chi connectivity index (χ3n) is 4.06. The number of rotatable bonds is 5. The lowest BCUT2D eigenvalue weighted by Crippen LogP contribution is -2.45. The molecule has 0 aromatic rings. The molecule has 4 N–H and O–H groups in total. The Bertz CT molecular complexity index is 318. The molecule has 0 bridgehead atoms. The summed E-state index contributed by atoms with van der Waals surface area (Å²) in [5, 5.41) is 14.9. The predicted octanol–water partition coefficient (Wildman–Crippen LogP) is 2.23. The Morgan fingerprint density at radius 1 is 1.42 bits per heavy atom. The van der Waals surface area contributed by atoms with Gasteiger partial charge in [0.15, 0.2) is 5.84 Å². The monoisotopic (exact) mass is 269 g/mol. The lowest BCUT2D eigenvalue weighted by atomic mass is 9.95. The summed E-state index contributed by atoms with van der Waals surface area (Å²) in [5.41, 5.74) is 5.61. The van der Waals surface area contributed by atoms with Gasteiger partial charge in [0.2, 0.25) is 5.91 Å². The van der Waals surface area contributed by atoms with Crippen LogP contribution in [0.1, 0.15) is 58.8 Å². The fraction of sp³-hybridized carbons (Fsp3) is 0.857. The molecule has 1 rings (SSSR count). The molecule has 3 unspecified atom stereocenters. The Balaban J connectivity index is 2.64. The van der Waals surface area contributed by atoms with Gasteiger partial charge in [-0.15, -0.1) is 0 Å². The molecule has 0 radical (unpaired) electrons. The number of amides is 1. The van der Waals surface area contributed by atoms with E-state index in [1.165, 1.54) is 12.8 Å². The zero-order valence-electron chi connectivity index (χ0n) is 12.1. The highest BCUT2D eigenvalue weighted by Gasteiger charge is 2.27. The lowest BCUT2D eigenvalue weighted by Gasteiger charge is -2.25. The van der Waals surface area contributed by atoms with E-state index in [0.29, 0.717) is 12.3 Å². The summed E-state index contributed by atoms with van der Waals surface area (Å²) >= 11 is 0. The number of amidine groups is 1. The molecule has 110 valence electrons. The third kappa shape index (κ3) is 4.73. The van der Waals surface area contributed by atoms with Crippen LogP contribution in [0.4, 0.5) is 0 Å². The minimum Gasteiger partial charge on any atom is -0.409 e. The van der Waals surface area contributed by atoms with E-state index in [4.69, 9.17) is 10.9 Å². The number of hydrogen-bond donors (Lipinski definition) is 3. The number of nitrogens with zero attached hydrogens (tertiary/aromatic N) is 1. The fourth-order valence-corrected chi connectivity index (χ4v) is 2.76. The first-order valence-corrected chi connectivity index (χ1v) is 7.37. The molecule has 3 atom stereocenters. The number of nitrogens with two attached hydrogens (primary N) is 1. The van der Waals surface area contributed by atoms with Gasteiger partial charge in [0.05, 0.1) is 5.92 Å². The van der Waals surface area contributed by atoms with Crippen LogP contribution in [-0.4, -0.2) is 23.0 Å². The number of oxime groups is 1. The van der Waals surface area contributed by atoms with Gasteiger partial charge in [-0.3, -0.25) is 4.79 Å². The van der Waals surface area contributed by atoms with Crippen LogP contribution in [0.3, 0.4) is 0 Å². The average Bonchev–Trinajstić information content (AvgIpc) is 2.60. The molecule has 1 aliphatic carbocycles. The molecule has 5 nitrogen and oxygen atoms in total. The Morgan fingerprint density at radius 2 is 2.11 bits per heavy atom. The smallest absolute Gasteiger partial charge is 0.231 e. The zero-order chi connectivity index (χ0) is 14.3. The van der Waals surface area contributed by atoms with Crippen LogP contribution in [0.15, 0.2) is 5.16 Å². The topological polar surface area (TPSA) is 87.7 Å². The number of hydrogen-bond acceptors (Lipinski definition) is 3. The number of carbonyl (C=O) groups excluding carboxylic acids is 1. The summed E-state index contributed by atoms with van der Waals surface area (Å²) in [6, 6.07) is 0.223. The molecule has 1 amide bonds. The van der Waals surface area contributed by atoms with E-state index in [1.54, 1.807) is 0 Å². The summed E-state index contributed by atoms with van der Waals surface area (Å²) in [5.74, 6) is -0.0944. The molecule has 0 aromatic heterocycles. The second kappa shape index (κ2) is 8.02. The van der Waals surface area contributed by atoms with Crippen LogP contribution in [0.25, 0.3) is 0 Å². The second-order valence-corrected chi connectivity index (χ2v) is 5.60. The molecule has 0 heterocycles. The first kappa shape index (κ1) is 15.8. The summed E-state index contributed by atoms with van der Waals surface area (Å²) in [4.78, 5) is 12.3. The van der Waals surface area contributed by atoms with Gasteiger partial charge in [-0.1, -0.05) is 44.7 Å². The summed E-state index contributed by atoms with van der Waals surface area (Å²) in [6.45, 7) is 4.17. The quantitative estimate of drug-likeness (QED) is 0.235. The zero-order valence-corrected chi connectivity index (χ0v) is 12.1. The van der Waals surface area contributed by atoms with Crippen LogP contribution >= 0.6 is 0 Å². The minimum atomic E-state index is -0.509. The Kier molecular flexibility index (Phi) is 6.67. The van der Waals surface area contributed by atoms with E-state index in [2.05, 4.69) is 17.4 Å². The van der Waals surface area contributed by atoms with E-state index >= 15 is 0 Å². The van der Waals surface area contributed by atoms with Crippen molar-refractivity contribution in [2.45, 2.75) is 64.8 Å². The maximum absolute atomic E-state index is 12.3. The number of carbonyl (C=O) groups is 1. The van der Waals surface area contributed by atoms with Gasteiger partial charge in [0, 0.05) is 6.04 Å². The Hall–Kier alpha value is -1.26. The largest absolute Gasteiger partial charge is 0.409 e. The van der Waals surface area contributed by atoms with Gasteiger partial charge in [0.25, 0.3) is 0 Å². The van der Waals surface area contributed by atoms with Crippen molar-refractivity contribution in [2.75, 3.05) is 0 Å². The van der Waals surface area contributed by atoms with Crippen LogP contribution in [0.5, 0.6) is 0 Å². The van der Waals surface area contributed by atoms with Crippen molar-refractivity contribution < 1.29 is 10.0 Å². The standard InChI is InChI=1S/C14H27N3O2/c1-3-7-11(13(15)17-19)14(18)16-12-9-6-4-5-8-10(12)2/h10-12,19H,3-9H2,1-2H3,(H2,15,17)(H,16,18). The maximum atomic E-state index is 12.3. The van der Waals surface area contributed by atoms with E-state index in [9.17, 15) is 4.79 Å². The number of nitrogens with one attached hydrogen (secondary N) is 1. The van der Waals surface area contributed by atoms with Crippen molar-refractivity contribution in [2.24, 2.45) is 22.7 Å². The third-order valence-corrected chi connectivity index (χ3v) is 4.06. The molecular weight excluding hydrogens is 242 g/mol. The second-order valence-electron chi connectivity index (χ2n) is 5.60. The van der Waals surface area contributed by atoms with Gasteiger partial charge in [-0.25, -0.2) is 0 Å². The van der Waals surface area contributed by atoms with Crippen LogP contribution in [0.2, 0.25) is 0 Å². The molecule has 19 heavy (non-hydrogen) atoms. The van der Waals surface area contributed by atoms with E-state index in [-0.39, 0.29) is 17.8 Å². The van der Waals surface area contributed by atoms with Crippen molar-refractivity contribution in [3.63, 3.8) is 0 Å². The van der Waals surface area contributed by atoms with Crippen molar-refractivity contribution >= 4 is 11.7 Å². The SMILES string of the molecule is CCCC(C(=O)NC1CCCCCC1C)C(N)=NO. The Morgan fingerprint density at radius 3 is 2.74 bits per heavy atom. The van der Waals surface area contributed by atoms with Gasteiger partial charge in [-0.05, 0) is 25.2 Å². The van der Waals surface area contributed by atoms with Crippen LogP contribution in [0, 0.1) is 11.8 Å². The molecule has 0 aliphatic heterocycles.